The lowest BCUT2D eigenvalue weighted by Crippen LogP contribution is -2.11. The van der Waals surface area contributed by atoms with Crippen molar-refractivity contribution in [3.05, 3.63) is 65.0 Å². The van der Waals surface area contributed by atoms with E-state index in [2.05, 4.69) is 0 Å². The Morgan fingerprint density at radius 2 is 1.73 bits per heavy atom. The highest BCUT2D eigenvalue weighted by Crippen LogP contribution is 2.37. The highest BCUT2D eigenvalue weighted by atomic mass is 32.2. The Labute approximate surface area is 180 Å². The van der Waals surface area contributed by atoms with Crippen LogP contribution in [0.3, 0.4) is 0 Å². The van der Waals surface area contributed by atoms with Gasteiger partial charge in [-0.15, -0.1) is 23.1 Å². The summed E-state index contributed by atoms with van der Waals surface area (Å²) in [4.78, 5) is 0.437. The highest BCUT2D eigenvalue weighted by Gasteiger charge is 2.28. The number of hydrogen-bond acceptors (Lipinski definition) is 5. The number of alkyl halides is 3. The van der Waals surface area contributed by atoms with Crippen molar-refractivity contribution >= 4 is 38.8 Å². The van der Waals surface area contributed by atoms with Gasteiger partial charge in [0.2, 0.25) is 9.84 Å². The first kappa shape index (κ1) is 22.4. The Morgan fingerprint density at radius 3 is 2.33 bits per heavy atom. The van der Waals surface area contributed by atoms with Crippen molar-refractivity contribution in [1.29, 1.82) is 5.41 Å². The van der Waals surface area contributed by atoms with Crippen LogP contribution in [0.1, 0.15) is 10.4 Å². The fourth-order valence-electron chi connectivity index (χ4n) is 2.88. The van der Waals surface area contributed by atoms with Crippen LogP contribution in [0.15, 0.2) is 68.6 Å². The number of benzene rings is 2. The summed E-state index contributed by atoms with van der Waals surface area (Å²) in [6, 6.07) is 13.4. The number of nitrogens with two attached hydrogens (primary N) is 1. The van der Waals surface area contributed by atoms with Crippen LogP contribution in [0, 0.1) is 5.41 Å². The van der Waals surface area contributed by atoms with Gasteiger partial charge in [-0.25, -0.2) is 8.42 Å². The van der Waals surface area contributed by atoms with E-state index in [0.717, 1.165) is 11.3 Å². The van der Waals surface area contributed by atoms with Crippen LogP contribution in [0.2, 0.25) is 0 Å². The second kappa shape index (κ2) is 8.44. The summed E-state index contributed by atoms with van der Waals surface area (Å²) >= 11 is 2.37. The fraction of sp³-hybridized carbons (Fsp3) is 0.150. The maximum atomic E-state index is 13.2. The van der Waals surface area contributed by atoms with Gasteiger partial charge in [-0.1, -0.05) is 36.4 Å². The first-order chi connectivity index (χ1) is 14.0. The Morgan fingerprint density at radius 1 is 1.10 bits per heavy atom. The van der Waals surface area contributed by atoms with Crippen molar-refractivity contribution in [2.45, 2.75) is 26.6 Å². The second-order valence-electron chi connectivity index (χ2n) is 6.40. The first-order valence-corrected chi connectivity index (χ1v) is 12.1. The summed E-state index contributed by atoms with van der Waals surface area (Å²) < 4.78 is 65.1. The molecule has 1 heterocycles. The number of rotatable bonds is 6. The van der Waals surface area contributed by atoms with E-state index in [4.69, 9.17) is 11.1 Å². The maximum Gasteiger partial charge on any atom is 0.393 e. The largest absolute Gasteiger partial charge is 0.393 e. The summed E-state index contributed by atoms with van der Waals surface area (Å²) in [7, 11) is -3.91. The second-order valence-corrected chi connectivity index (χ2v) is 10.4. The zero-order valence-corrected chi connectivity index (χ0v) is 18.1. The van der Waals surface area contributed by atoms with E-state index >= 15 is 0 Å². The monoisotopic (exact) mass is 470 g/mol. The lowest BCUT2D eigenvalue weighted by molar-refractivity contribution is -0.127. The van der Waals surface area contributed by atoms with Gasteiger partial charge in [0.15, 0.2) is 0 Å². The number of amidine groups is 1. The van der Waals surface area contributed by atoms with Crippen LogP contribution >= 0.6 is 23.1 Å². The van der Waals surface area contributed by atoms with Crippen LogP contribution in [0.25, 0.3) is 11.1 Å². The van der Waals surface area contributed by atoms with Crippen molar-refractivity contribution in [3.63, 3.8) is 0 Å². The molecule has 0 aliphatic rings. The SMILES string of the molecule is CSc1sc(C(=N)N)cc1S(=O)(=O)c1cccc(-c2cccc(CC(F)(F)F)c2)c1. The van der Waals surface area contributed by atoms with E-state index in [1.807, 2.05) is 0 Å². The van der Waals surface area contributed by atoms with Gasteiger partial charge in [0.05, 0.1) is 25.3 Å². The molecule has 3 aromatic rings. The molecule has 0 spiro atoms. The van der Waals surface area contributed by atoms with Gasteiger partial charge in [0.25, 0.3) is 0 Å². The van der Waals surface area contributed by atoms with Crippen LogP contribution < -0.4 is 5.73 Å². The number of thioether (sulfide) groups is 1. The molecule has 0 aliphatic carbocycles. The van der Waals surface area contributed by atoms with Crippen molar-refractivity contribution < 1.29 is 21.6 Å². The zero-order chi connectivity index (χ0) is 22.1. The highest BCUT2D eigenvalue weighted by molar-refractivity contribution is 8.01. The molecule has 0 bridgehead atoms. The quantitative estimate of drug-likeness (QED) is 0.289. The molecule has 0 saturated carbocycles. The molecular formula is C20H17F3N2O2S3. The molecule has 0 atom stereocenters. The molecule has 10 heteroatoms. The van der Waals surface area contributed by atoms with Crippen LogP contribution in [-0.2, 0) is 16.3 Å². The average molecular weight is 471 g/mol. The fourth-order valence-corrected chi connectivity index (χ4v) is 6.78. The van der Waals surface area contributed by atoms with E-state index in [1.54, 1.807) is 24.5 Å². The van der Waals surface area contributed by atoms with E-state index in [0.29, 0.717) is 20.2 Å². The number of sulfone groups is 1. The summed E-state index contributed by atoms with van der Waals surface area (Å²) in [5, 5.41) is 7.56. The van der Waals surface area contributed by atoms with Crippen molar-refractivity contribution in [2.24, 2.45) is 5.73 Å². The minimum atomic E-state index is -4.33. The first-order valence-electron chi connectivity index (χ1n) is 8.55. The predicted octanol–water partition coefficient (Wildman–Crippen LogP) is 5.36. The van der Waals surface area contributed by atoms with E-state index in [1.165, 1.54) is 48.2 Å². The van der Waals surface area contributed by atoms with Gasteiger partial charge in [0, 0.05) is 0 Å². The minimum absolute atomic E-state index is 0.0180. The Hall–Kier alpha value is -2.30. The molecule has 0 radical (unpaired) electrons. The Balaban J connectivity index is 2.04. The number of nitrogens with one attached hydrogen (secondary N) is 1. The lowest BCUT2D eigenvalue weighted by atomic mass is 10.0. The normalized spacial score (nSPS) is 12.1. The van der Waals surface area contributed by atoms with Crippen LogP contribution in [-0.4, -0.2) is 26.7 Å². The topological polar surface area (TPSA) is 84.0 Å². The Kier molecular flexibility index (Phi) is 6.30. The number of nitrogen functional groups attached to an aromatic ring is 1. The molecule has 158 valence electrons. The van der Waals surface area contributed by atoms with Gasteiger partial charge in [-0.2, -0.15) is 13.2 Å². The molecule has 0 fully saturated rings. The molecule has 0 unspecified atom stereocenters. The summed E-state index contributed by atoms with van der Waals surface area (Å²) in [6.45, 7) is 0. The molecular weight excluding hydrogens is 453 g/mol. The third kappa shape index (κ3) is 4.88. The van der Waals surface area contributed by atoms with Gasteiger partial charge < -0.3 is 5.73 Å². The van der Waals surface area contributed by atoms with Gasteiger partial charge in [-0.3, -0.25) is 5.41 Å². The molecule has 0 saturated heterocycles. The molecule has 30 heavy (non-hydrogen) atoms. The van der Waals surface area contributed by atoms with Crippen LogP contribution in [0.4, 0.5) is 13.2 Å². The molecule has 3 rings (SSSR count). The van der Waals surface area contributed by atoms with Crippen molar-refractivity contribution in [3.8, 4) is 11.1 Å². The number of hydrogen-bond donors (Lipinski definition) is 2. The summed E-state index contributed by atoms with van der Waals surface area (Å²) in [5.74, 6) is -0.216. The molecule has 2 aromatic carbocycles. The third-order valence-electron chi connectivity index (χ3n) is 4.22. The van der Waals surface area contributed by atoms with Crippen molar-refractivity contribution in [2.75, 3.05) is 6.26 Å². The molecule has 0 amide bonds. The predicted molar refractivity (Wildman–Crippen MR) is 114 cm³/mol. The van der Waals surface area contributed by atoms with Gasteiger partial charge in [0.1, 0.15) is 5.84 Å². The average Bonchev–Trinajstić information content (AvgIpc) is 3.13. The molecule has 3 N–H and O–H groups in total. The molecule has 0 aliphatic heterocycles. The van der Waals surface area contributed by atoms with Crippen molar-refractivity contribution in [1.82, 2.24) is 0 Å². The summed E-state index contributed by atoms with van der Waals surface area (Å²) in [6.07, 6.45) is -3.65. The Bertz CT molecular complexity index is 1200. The lowest BCUT2D eigenvalue weighted by Gasteiger charge is -2.10. The minimum Gasteiger partial charge on any atom is -0.383 e. The standard InChI is InChI=1S/C20H17F3N2O2S3/c1-28-19-17(10-16(29-19)18(24)25)30(26,27)15-7-3-6-14(9-15)13-5-2-4-12(8-13)11-20(21,22)23/h2-10H,11H2,1H3,(H3,24,25). The third-order valence-corrected chi connectivity index (χ3v) is 8.55. The number of thiophene rings is 1. The maximum absolute atomic E-state index is 13.2. The van der Waals surface area contributed by atoms with Gasteiger partial charge >= 0.3 is 6.18 Å². The molecule has 4 nitrogen and oxygen atoms in total. The zero-order valence-electron chi connectivity index (χ0n) is 15.7. The smallest absolute Gasteiger partial charge is 0.383 e. The summed E-state index contributed by atoms with van der Waals surface area (Å²) in [5.41, 5.74) is 6.59. The van der Waals surface area contributed by atoms with Crippen LogP contribution in [0.5, 0.6) is 0 Å². The van der Waals surface area contributed by atoms with E-state index in [-0.39, 0.29) is 21.2 Å². The van der Waals surface area contributed by atoms with Gasteiger partial charge in [-0.05, 0) is 41.1 Å². The van der Waals surface area contributed by atoms with E-state index < -0.39 is 22.4 Å². The van der Waals surface area contributed by atoms with E-state index in [9.17, 15) is 21.6 Å². The number of halogens is 3. The molecule has 1 aromatic heterocycles.